The van der Waals surface area contributed by atoms with E-state index in [9.17, 15) is 9.59 Å². The smallest absolute Gasteiger partial charge is 0.262 e. The van der Waals surface area contributed by atoms with Crippen molar-refractivity contribution in [2.75, 3.05) is 18.2 Å². The first-order valence-electron chi connectivity index (χ1n) is 9.85. The summed E-state index contributed by atoms with van der Waals surface area (Å²) < 4.78 is 6.74. The number of carbonyl (C=O) groups is 1. The molecule has 0 fully saturated rings. The number of ether oxygens (including phenoxy) is 1. The number of hydrogen-bond donors (Lipinski definition) is 1. The summed E-state index contributed by atoms with van der Waals surface area (Å²) in [5, 5.41) is 4.25. The van der Waals surface area contributed by atoms with Gasteiger partial charge in [-0.25, -0.2) is 4.98 Å². The van der Waals surface area contributed by atoms with E-state index in [0.717, 1.165) is 5.56 Å². The molecule has 4 aromatic rings. The van der Waals surface area contributed by atoms with Crippen LogP contribution in [-0.4, -0.2) is 28.3 Å². The summed E-state index contributed by atoms with van der Waals surface area (Å²) in [4.78, 5) is 30.4. The van der Waals surface area contributed by atoms with Gasteiger partial charge in [-0.1, -0.05) is 65.8 Å². The highest BCUT2D eigenvalue weighted by atomic mass is 35.5. The van der Waals surface area contributed by atoms with Gasteiger partial charge in [-0.2, -0.15) is 0 Å². The van der Waals surface area contributed by atoms with Crippen LogP contribution in [0.3, 0.4) is 0 Å². The molecule has 0 spiro atoms. The van der Waals surface area contributed by atoms with Gasteiger partial charge in [0.2, 0.25) is 5.91 Å². The maximum absolute atomic E-state index is 13.2. The third kappa shape index (κ3) is 4.95. The Morgan fingerprint density at radius 2 is 1.84 bits per heavy atom. The molecule has 1 aromatic heterocycles. The molecule has 0 aliphatic carbocycles. The molecule has 0 unspecified atom stereocenters. The summed E-state index contributed by atoms with van der Waals surface area (Å²) in [5.41, 5.74) is 2.01. The molecule has 6 nitrogen and oxygen atoms in total. The first kappa shape index (κ1) is 21.9. The van der Waals surface area contributed by atoms with Crippen LogP contribution in [0.2, 0.25) is 5.02 Å². The van der Waals surface area contributed by atoms with Crippen LogP contribution in [0.4, 0.5) is 5.69 Å². The van der Waals surface area contributed by atoms with Crippen molar-refractivity contribution in [1.82, 2.24) is 9.55 Å². The second-order valence-electron chi connectivity index (χ2n) is 6.97. The van der Waals surface area contributed by atoms with Crippen LogP contribution in [0, 0.1) is 0 Å². The molecule has 1 N–H and O–H groups in total. The second kappa shape index (κ2) is 9.89. The first-order chi connectivity index (χ1) is 15.5. The zero-order valence-electron chi connectivity index (χ0n) is 17.2. The lowest BCUT2D eigenvalue weighted by Gasteiger charge is -2.13. The maximum atomic E-state index is 13.2. The van der Waals surface area contributed by atoms with Gasteiger partial charge in [0.25, 0.3) is 5.56 Å². The zero-order valence-corrected chi connectivity index (χ0v) is 18.8. The molecule has 32 heavy (non-hydrogen) atoms. The third-order valence-electron chi connectivity index (χ3n) is 4.78. The molecular weight excluding hydrogens is 446 g/mol. The van der Waals surface area contributed by atoms with Gasteiger partial charge < -0.3 is 10.1 Å². The zero-order chi connectivity index (χ0) is 22.5. The number of methoxy groups -OCH3 is 1. The summed E-state index contributed by atoms with van der Waals surface area (Å²) in [5.74, 6) is 0.387. The van der Waals surface area contributed by atoms with E-state index in [1.807, 2.05) is 42.5 Å². The van der Waals surface area contributed by atoms with E-state index in [2.05, 4.69) is 10.3 Å². The summed E-state index contributed by atoms with van der Waals surface area (Å²) in [6.45, 7) is 0.371. The highest BCUT2D eigenvalue weighted by Gasteiger charge is 2.14. The molecule has 4 rings (SSSR count). The Bertz CT molecular complexity index is 1330. The molecule has 0 saturated heterocycles. The lowest BCUT2D eigenvalue weighted by molar-refractivity contribution is -0.113. The van der Waals surface area contributed by atoms with Gasteiger partial charge in [-0.15, -0.1) is 0 Å². The van der Waals surface area contributed by atoms with Crippen molar-refractivity contribution in [2.24, 2.45) is 0 Å². The van der Waals surface area contributed by atoms with Crippen LogP contribution >= 0.6 is 23.4 Å². The number of aromatic nitrogens is 2. The second-order valence-corrected chi connectivity index (χ2v) is 8.32. The molecular formula is C24H20ClN3O3S. The first-order valence-corrected chi connectivity index (χ1v) is 11.2. The Balaban J connectivity index is 1.57. The fraction of sp³-hybridized carbons (Fsp3) is 0.125. The van der Waals surface area contributed by atoms with Crippen molar-refractivity contribution in [3.8, 4) is 5.75 Å². The molecule has 8 heteroatoms. The van der Waals surface area contributed by atoms with Gasteiger partial charge in [0.1, 0.15) is 5.75 Å². The molecule has 1 amide bonds. The van der Waals surface area contributed by atoms with Crippen LogP contribution < -0.4 is 15.6 Å². The van der Waals surface area contributed by atoms with Crippen molar-refractivity contribution in [3.63, 3.8) is 0 Å². The van der Waals surface area contributed by atoms with E-state index in [-0.39, 0.29) is 17.2 Å². The number of hydrogen-bond acceptors (Lipinski definition) is 5. The molecule has 1 heterocycles. The molecule has 162 valence electrons. The van der Waals surface area contributed by atoms with E-state index < -0.39 is 0 Å². The Hall–Kier alpha value is -3.29. The quantitative estimate of drug-likeness (QED) is 0.312. The lowest BCUT2D eigenvalue weighted by Crippen LogP contribution is -2.24. The number of para-hydroxylation sites is 1. The number of nitrogens with zero attached hydrogens (tertiary/aromatic N) is 2. The Morgan fingerprint density at radius 1 is 1.09 bits per heavy atom. The summed E-state index contributed by atoms with van der Waals surface area (Å²) in [7, 11) is 1.53. The number of thioether (sulfide) groups is 1. The van der Waals surface area contributed by atoms with E-state index in [4.69, 9.17) is 16.3 Å². The molecule has 0 radical (unpaired) electrons. The highest BCUT2D eigenvalue weighted by molar-refractivity contribution is 7.99. The van der Waals surface area contributed by atoms with E-state index in [1.54, 1.807) is 34.9 Å². The monoisotopic (exact) mass is 465 g/mol. The van der Waals surface area contributed by atoms with Crippen molar-refractivity contribution in [3.05, 3.63) is 93.7 Å². The van der Waals surface area contributed by atoms with Crippen LogP contribution in [0.15, 0.2) is 82.7 Å². The summed E-state index contributed by atoms with van der Waals surface area (Å²) in [6.07, 6.45) is 0. The Labute approximate surface area is 194 Å². The number of benzene rings is 3. The fourth-order valence-electron chi connectivity index (χ4n) is 3.23. The Morgan fingerprint density at radius 3 is 2.59 bits per heavy atom. The number of halogens is 1. The number of anilines is 1. The minimum atomic E-state index is -0.232. The third-order valence-corrected chi connectivity index (χ3v) is 6.05. The van der Waals surface area contributed by atoms with Gasteiger partial charge in [-0.3, -0.25) is 14.2 Å². The summed E-state index contributed by atoms with van der Waals surface area (Å²) >= 11 is 7.34. The number of nitrogens with one attached hydrogen (secondary N) is 1. The molecule has 3 aromatic carbocycles. The van der Waals surface area contributed by atoms with Crippen molar-refractivity contribution in [2.45, 2.75) is 11.7 Å². The normalized spacial score (nSPS) is 10.8. The molecule has 0 aliphatic heterocycles. The number of carbonyl (C=O) groups excluding carboxylic acids is 1. The standard InChI is InChI=1S/C24H20ClN3O3S/c1-31-21-12-11-17(13-19(21)25)26-22(29)15-32-24-27-20-10-6-5-9-18(20)23(30)28(24)14-16-7-3-2-4-8-16/h2-13H,14-15H2,1H3,(H,26,29). The minimum absolute atomic E-state index is 0.0865. The molecule has 0 bridgehead atoms. The predicted molar refractivity (Wildman–Crippen MR) is 129 cm³/mol. The van der Waals surface area contributed by atoms with Crippen LogP contribution in [0.25, 0.3) is 10.9 Å². The van der Waals surface area contributed by atoms with Gasteiger partial charge in [-0.05, 0) is 35.9 Å². The maximum Gasteiger partial charge on any atom is 0.262 e. The molecule has 0 saturated carbocycles. The average Bonchev–Trinajstić information content (AvgIpc) is 2.80. The van der Waals surface area contributed by atoms with Crippen LogP contribution in [0.1, 0.15) is 5.56 Å². The van der Waals surface area contributed by atoms with E-state index >= 15 is 0 Å². The highest BCUT2D eigenvalue weighted by Crippen LogP contribution is 2.27. The van der Waals surface area contributed by atoms with Gasteiger partial charge in [0, 0.05) is 5.69 Å². The molecule has 0 atom stereocenters. The lowest BCUT2D eigenvalue weighted by atomic mass is 10.2. The number of rotatable bonds is 7. The van der Waals surface area contributed by atoms with Crippen molar-refractivity contribution >= 4 is 45.9 Å². The summed E-state index contributed by atoms with van der Waals surface area (Å²) in [6, 6.07) is 21.9. The van der Waals surface area contributed by atoms with Gasteiger partial charge in [0.05, 0.1) is 35.3 Å². The van der Waals surface area contributed by atoms with E-state index in [0.29, 0.717) is 39.1 Å². The average molecular weight is 466 g/mol. The number of fused-ring (bicyclic) bond motifs is 1. The largest absolute Gasteiger partial charge is 0.495 e. The minimum Gasteiger partial charge on any atom is -0.495 e. The SMILES string of the molecule is COc1ccc(NC(=O)CSc2nc3ccccc3c(=O)n2Cc2ccccc2)cc1Cl. The van der Waals surface area contributed by atoms with Crippen molar-refractivity contribution < 1.29 is 9.53 Å². The van der Waals surface area contributed by atoms with Crippen LogP contribution in [0.5, 0.6) is 5.75 Å². The molecule has 0 aliphatic rings. The van der Waals surface area contributed by atoms with Gasteiger partial charge >= 0.3 is 0 Å². The van der Waals surface area contributed by atoms with Gasteiger partial charge in [0.15, 0.2) is 5.16 Å². The number of amides is 1. The topological polar surface area (TPSA) is 73.2 Å². The van der Waals surface area contributed by atoms with Crippen LogP contribution in [-0.2, 0) is 11.3 Å². The van der Waals surface area contributed by atoms with Crippen molar-refractivity contribution in [1.29, 1.82) is 0 Å². The Kier molecular flexibility index (Phi) is 6.78. The predicted octanol–water partition coefficient (Wildman–Crippen LogP) is 4.84. The fourth-order valence-corrected chi connectivity index (χ4v) is 4.29. The van der Waals surface area contributed by atoms with E-state index in [1.165, 1.54) is 18.9 Å².